The van der Waals surface area contributed by atoms with Gasteiger partial charge in [-0.2, -0.15) is 0 Å². The van der Waals surface area contributed by atoms with E-state index in [1.165, 1.54) is 32.2 Å². The Kier molecular flexibility index (Phi) is 20.3. The van der Waals surface area contributed by atoms with Crippen molar-refractivity contribution in [3.05, 3.63) is 119 Å². The molecule has 4 aliphatic heterocycles. The van der Waals surface area contributed by atoms with Gasteiger partial charge in [-0.25, -0.2) is 14.4 Å². The van der Waals surface area contributed by atoms with E-state index in [0.717, 1.165) is 0 Å². The number of nitrogen functional groups attached to an aromatic ring is 1. The molecule has 4 heterocycles. The SMILES string of the molecule is COCOc1cc(N)cc2c1C(=O)O[C@@H](C)[C@H](C)/C=C\C(OC(=O)c1ccccc1)[C@H]1OC(C)(C)O[C@H]1C/C=C/2.[B]C(=O)N(C)c1cc2c(c(OCOC)c1)C(=O)O[C@@H](C)[C@H](C)/C=C\C(O)[C@H]1OC(C)(C)O[C@H]1C/C=C/2. The number of nitrogens with two attached hydrogens (primary N) is 1. The molecule has 2 radical (unpaired) electrons. The van der Waals surface area contributed by atoms with Crippen molar-refractivity contribution < 1.29 is 76.4 Å². The van der Waals surface area contributed by atoms with Crippen LogP contribution in [-0.4, -0.2) is 132 Å². The molecule has 3 aromatic carbocycles. The number of carbonyl (C=O) groups excluding carboxylic acids is 4. The first-order valence-electron chi connectivity index (χ1n) is 25.2. The van der Waals surface area contributed by atoms with Gasteiger partial charge >= 0.3 is 17.9 Å². The maximum absolute atomic E-state index is 13.4. The van der Waals surface area contributed by atoms with E-state index in [1.807, 2.05) is 52.0 Å². The second kappa shape index (κ2) is 26.2. The second-order valence-corrected chi connectivity index (χ2v) is 19.9. The number of rotatable bonds is 9. The zero-order valence-corrected chi connectivity index (χ0v) is 45.1. The summed E-state index contributed by atoms with van der Waals surface area (Å²) in [5.41, 5.74) is 8.83. The van der Waals surface area contributed by atoms with Crippen LogP contribution in [0.5, 0.6) is 11.5 Å². The molecule has 0 aromatic heterocycles. The Balaban J connectivity index is 0.000000248. The maximum Gasteiger partial charge on any atom is 0.342 e. The standard InChI is InChI=1S/C31H37NO8.C26H34BNO8/c1-19-14-15-24(38-29(33)21-10-7-6-8-11-21)28-25(39-31(3,4)40-28)13-9-12-22-16-23(32)17-26(36-18-35-5)27(22)30(34)37-20(19)2;1-15-10-11-19(29)23-20(35-26(3,4)36-23)9-7-8-17-12-18(28(5)25(27)31)13-21(33-14-32-6)22(17)24(30)34-16(15)2/h6-12,14-17,19-20,24-25,28H,13,18,32H2,1-5H3;7-8,10-13,15-16,19-20,23,29H,9,14H2,1-6H3/b12-9+,15-14-;8-7+,11-10-/t19-,20+,24?,25+,28-;15-,16+,19?,20+,23-/m11/s1. The first-order chi connectivity index (χ1) is 36.0. The molecular formula is C57H71BN2O16. The number of nitrogens with zero attached hydrogens (tertiary/aromatic N) is 1. The number of aliphatic hydroxyl groups is 1. The van der Waals surface area contributed by atoms with E-state index < -0.39 is 84.1 Å². The average Bonchev–Trinajstić information content (AvgIpc) is 3.86. The number of ether oxygens (including phenoxy) is 11. The minimum Gasteiger partial charge on any atom is -0.467 e. The Hall–Kier alpha value is -6.32. The van der Waals surface area contributed by atoms with Crippen LogP contribution < -0.4 is 20.1 Å². The van der Waals surface area contributed by atoms with Crippen molar-refractivity contribution in [3.63, 3.8) is 0 Å². The Morgan fingerprint density at radius 2 is 1.21 bits per heavy atom. The summed E-state index contributed by atoms with van der Waals surface area (Å²) < 4.78 is 63.6. The van der Waals surface area contributed by atoms with E-state index in [9.17, 15) is 24.3 Å². The molecule has 0 saturated carbocycles. The lowest BCUT2D eigenvalue weighted by atomic mass is 9.98. The van der Waals surface area contributed by atoms with Crippen molar-refractivity contribution in [1.82, 2.24) is 0 Å². The molecule has 18 nitrogen and oxygen atoms in total. The highest BCUT2D eigenvalue weighted by atomic mass is 16.8. The number of anilines is 2. The van der Waals surface area contributed by atoms with Crippen LogP contribution in [0.2, 0.25) is 0 Å². The van der Waals surface area contributed by atoms with Gasteiger partial charge in [0.15, 0.2) is 31.0 Å². The fourth-order valence-corrected chi connectivity index (χ4v) is 8.74. The van der Waals surface area contributed by atoms with Gasteiger partial charge in [-0.05, 0) is 95.9 Å². The van der Waals surface area contributed by atoms with E-state index in [2.05, 4.69) is 0 Å². The summed E-state index contributed by atoms with van der Waals surface area (Å²) >= 11 is 0. The highest BCUT2D eigenvalue weighted by Crippen LogP contribution is 2.38. The molecule has 7 rings (SSSR count). The number of fused-ring (bicyclic) bond motifs is 4. The molecule has 2 saturated heterocycles. The molecule has 1 amide bonds. The third-order valence-corrected chi connectivity index (χ3v) is 13.0. The second-order valence-electron chi connectivity index (χ2n) is 19.9. The van der Waals surface area contributed by atoms with E-state index >= 15 is 0 Å². The summed E-state index contributed by atoms with van der Waals surface area (Å²) in [5.74, 6) is -4.04. The van der Waals surface area contributed by atoms with Crippen LogP contribution in [0.25, 0.3) is 12.2 Å². The quantitative estimate of drug-likeness (QED) is 0.0512. The Bertz CT molecular complexity index is 2630. The van der Waals surface area contributed by atoms with Crippen molar-refractivity contribution in [3.8, 4) is 11.5 Å². The first kappa shape index (κ1) is 58.9. The van der Waals surface area contributed by atoms with Crippen molar-refractivity contribution in [2.75, 3.05) is 45.5 Å². The number of carbonyl (C=O) groups is 4. The molecule has 0 aliphatic carbocycles. The fourth-order valence-electron chi connectivity index (χ4n) is 8.74. The van der Waals surface area contributed by atoms with Crippen molar-refractivity contribution in [2.24, 2.45) is 11.8 Å². The van der Waals surface area contributed by atoms with Crippen LogP contribution in [0.4, 0.5) is 16.2 Å². The average molecular weight is 1050 g/mol. The van der Waals surface area contributed by atoms with Gasteiger partial charge in [0.2, 0.25) is 7.85 Å². The zero-order valence-electron chi connectivity index (χ0n) is 45.1. The normalized spacial score (nSPS) is 28.7. The predicted octanol–water partition coefficient (Wildman–Crippen LogP) is 8.58. The Morgan fingerprint density at radius 3 is 1.75 bits per heavy atom. The summed E-state index contributed by atoms with van der Waals surface area (Å²) in [6, 6.07) is 15.2. The number of aliphatic hydroxyl groups excluding tert-OH is 1. The molecule has 3 N–H and O–H groups in total. The third-order valence-electron chi connectivity index (χ3n) is 13.0. The molecule has 408 valence electrons. The van der Waals surface area contributed by atoms with Crippen LogP contribution in [-0.2, 0) is 42.6 Å². The van der Waals surface area contributed by atoms with Crippen molar-refractivity contribution >= 4 is 55.1 Å². The van der Waals surface area contributed by atoms with E-state index in [0.29, 0.717) is 40.9 Å². The van der Waals surface area contributed by atoms with Gasteiger partial charge in [0.25, 0.3) is 0 Å². The van der Waals surface area contributed by atoms with Crippen LogP contribution in [0, 0.1) is 11.8 Å². The maximum atomic E-state index is 13.4. The lowest BCUT2D eigenvalue weighted by molar-refractivity contribution is -0.153. The zero-order chi connectivity index (χ0) is 55.5. The van der Waals surface area contributed by atoms with Gasteiger partial charge in [-0.1, -0.05) is 74.6 Å². The number of hydrogen-bond acceptors (Lipinski definition) is 17. The van der Waals surface area contributed by atoms with Crippen LogP contribution in [0.1, 0.15) is 110 Å². The highest BCUT2D eigenvalue weighted by Gasteiger charge is 2.46. The third kappa shape index (κ3) is 15.4. The fraction of sp³-hybridized carbons (Fsp3) is 0.474. The minimum absolute atomic E-state index is 0.0608. The number of cyclic esters (lactones) is 2. The number of methoxy groups -OCH3 is 2. The number of amides is 1. The largest absolute Gasteiger partial charge is 0.467 e. The van der Waals surface area contributed by atoms with Crippen LogP contribution >= 0.6 is 0 Å². The molecule has 2 unspecified atom stereocenters. The summed E-state index contributed by atoms with van der Waals surface area (Å²) in [6.07, 6.45) is 10.3. The lowest BCUT2D eigenvalue weighted by Gasteiger charge is -2.25. The summed E-state index contributed by atoms with van der Waals surface area (Å²) in [4.78, 5) is 52.9. The Morgan fingerprint density at radius 1 is 0.711 bits per heavy atom. The van der Waals surface area contributed by atoms with Gasteiger partial charge in [0.05, 0.1) is 17.8 Å². The van der Waals surface area contributed by atoms with Gasteiger partial charge in [-0.3, -0.25) is 4.79 Å². The summed E-state index contributed by atoms with van der Waals surface area (Å²) in [7, 11) is 9.94. The minimum atomic E-state index is -0.907. The van der Waals surface area contributed by atoms with Gasteiger partial charge < -0.3 is 67.8 Å². The predicted molar refractivity (Wildman–Crippen MR) is 285 cm³/mol. The monoisotopic (exact) mass is 1050 g/mol. The molecule has 0 spiro atoms. The number of benzene rings is 3. The molecule has 4 aliphatic rings. The molecule has 19 heteroatoms. The molecule has 3 aromatic rings. The van der Waals surface area contributed by atoms with Gasteiger partial charge in [-0.15, -0.1) is 0 Å². The van der Waals surface area contributed by atoms with Gasteiger partial charge in [0.1, 0.15) is 59.2 Å². The summed E-state index contributed by atoms with van der Waals surface area (Å²) in [5, 5.41) is 10.8. The van der Waals surface area contributed by atoms with Crippen molar-refractivity contribution in [1.29, 1.82) is 0 Å². The smallest absolute Gasteiger partial charge is 0.342 e. The molecular weight excluding hydrogens is 979 g/mol. The van der Waals surface area contributed by atoms with Gasteiger partial charge in [0, 0.05) is 56.6 Å². The molecule has 10 atom stereocenters. The summed E-state index contributed by atoms with van der Waals surface area (Å²) in [6.45, 7) is 14.4. The van der Waals surface area contributed by atoms with Crippen LogP contribution in [0.3, 0.4) is 0 Å². The first-order valence-corrected chi connectivity index (χ1v) is 25.2. The van der Waals surface area contributed by atoms with Crippen LogP contribution in [0.15, 0.2) is 91.1 Å². The highest BCUT2D eigenvalue weighted by molar-refractivity contribution is 6.60. The molecule has 76 heavy (non-hydrogen) atoms. The molecule has 2 fully saturated rings. The number of hydrogen-bond donors (Lipinski definition) is 2. The molecule has 0 bridgehead atoms. The topological polar surface area (TPSA) is 219 Å². The number of esters is 3. The van der Waals surface area contributed by atoms with E-state index in [1.54, 1.807) is 101 Å². The Labute approximate surface area is 446 Å². The van der Waals surface area contributed by atoms with E-state index in [4.69, 9.17) is 65.7 Å². The van der Waals surface area contributed by atoms with Crippen molar-refractivity contribution in [2.45, 2.75) is 129 Å². The van der Waals surface area contributed by atoms with E-state index in [-0.39, 0.29) is 48.0 Å². The lowest BCUT2D eigenvalue weighted by Crippen LogP contribution is -2.37.